The van der Waals surface area contributed by atoms with Gasteiger partial charge in [0, 0.05) is 10.6 Å². The fraction of sp³-hybridized carbons (Fsp3) is 0.538. The van der Waals surface area contributed by atoms with Gasteiger partial charge in [-0.15, -0.1) is 11.8 Å². The van der Waals surface area contributed by atoms with Gasteiger partial charge in [-0.1, -0.05) is 6.07 Å². The third-order valence-corrected chi connectivity index (χ3v) is 3.93. The van der Waals surface area contributed by atoms with Gasteiger partial charge in [-0.2, -0.15) is 0 Å². The van der Waals surface area contributed by atoms with Gasteiger partial charge < -0.3 is 14.9 Å². The lowest BCUT2D eigenvalue weighted by Crippen LogP contribution is -2.31. The number of benzene rings is 1. The van der Waals surface area contributed by atoms with Gasteiger partial charge in [0.2, 0.25) is 0 Å². The second kappa shape index (κ2) is 5.40. The lowest BCUT2D eigenvalue weighted by Gasteiger charge is -2.14. The number of hydrogen-bond acceptors (Lipinski definition) is 4. The van der Waals surface area contributed by atoms with Crippen LogP contribution in [0.2, 0.25) is 0 Å². The molecule has 1 aromatic carbocycles. The van der Waals surface area contributed by atoms with E-state index >= 15 is 0 Å². The number of thioether (sulfide) groups is 1. The molecule has 1 saturated heterocycles. The van der Waals surface area contributed by atoms with E-state index < -0.39 is 12.2 Å². The van der Waals surface area contributed by atoms with Crippen LogP contribution in [0.1, 0.15) is 11.1 Å². The number of aliphatic hydroxyl groups is 2. The number of hydrogen-bond donors (Lipinski definition) is 2. The monoisotopic (exact) mass is 254 g/mol. The molecule has 17 heavy (non-hydrogen) atoms. The SMILES string of the molecule is Cc1cc(C)cc(SCC2OCC(O)C2O)c1. The van der Waals surface area contributed by atoms with E-state index in [0.29, 0.717) is 5.75 Å². The molecule has 3 nitrogen and oxygen atoms in total. The maximum Gasteiger partial charge on any atom is 0.109 e. The van der Waals surface area contributed by atoms with Crippen LogP contribution in [0.15, 0.2) is 23.1 Å². The topological polar surface area (TPSA) is 49.7 Å². The fourth-order valence-corrected chi connectivity index (χ4v) is 3.20. The van der Waals surface area contributed by atoms with Crippen molar-refractivity contribution < 1.29 is 14.9 Å². The average Bonchev–Trinajstić information content (AvgIpc) is 2.56. The molecule has 0 amide bonds. The molecule has 0 radical (unpaired) electrons. The average molecular weight is 254 g/mol. The van der Waals surface area contributed by atoms with Crippen molar-refractivity contribution in [3.05, 3.63) is 29.3 Å². The van der Waals surface area contributed by atoms with Crippen LogP contribution in [-0.2, 0) is 4.74 Å². The Morgan fingerprint density at radius 3 is 2.41 bits per heavy atom. The normalized spacial score (nSPS) is 28.6. The maximum atomic E-state index is 9.66. The lowest BCUT2D eigenvalue weighted by molar-refractivity contribution is 0.0337. The number of ether oxygens (including phenoxy) is 1. The van der Waals surface area contributed by atoms with Crippen molar-refractivity contribution in [2.45, 2.75) is 37.1 Å². The molecule has 94 valence electrons. The van der Waals surface area contributed by atoms with Crippen LogP contribution in [0.4, 0.5) is 0 Å². The molecule has 1 aliphatic rings. The van der Waals surface area contributed by atoms with Gasteiger partial charge in [0.1, 0.15) is 12.2 Å². The molecule has 3 atom stereocenters. The van der Waals surface area contributed by atoms with E-state index in [-0.39, 0.29) is 12.7 Å². The second-order valence-corrected chi connectivity index (χ2v) is 5.66. The standard InChI is InChI=1S/C13H18O3S/c1-8-3-9(2)5-10(4-8)17-7-12-13(15)11(14)6-16-12/h3-5,11-15H,6-7H2,1-2H3. The summed E-state index contributed by atoms with van der Waals surface area (Å²) >= 11 is 1.66. The second-order valence-electron chi connectivity index (χ2n) is 4.56. The summed E-state index contributed by atoms with van der Waals surface area (Å²) in [5, 5.41) is 19.0. The van der Waals surface area contributed by atoms with Gasteiger partial charge in [-0.3, -0.25) is 0 Å². The minimum Gasteiger partial charge on any atom is -0.388 e. The van der Waals surface area contributed by atoms with E-state index in [1.165, 1.54) is 16.0 Å². The summed E-state index contributed by atoms with van der Waals surface area (Å²) in [5.41, 5.74) is 2.47. The van der Waals surface area contributed by atoms with E-state index in [0.717, 1.165) is 0 Å². The van der Waals surface area contributed by atoms with Crippen LogP contribution in [0, 0.1) is 13.8 Å². The van der Waals surface area contributed by atoms with Crippen LogP contribution in [0.5, 0.6) is 0 Å². The van der Waals surface area contributed by atoms with Crippen LogP contribution in [0.25, 0.3) is 0 Å². The highest BCUT2D eigenvalue weighted by Gasteiger charge is 2.34. The Bertz CT molecular complexity index is 374. The molecule has 0 saturated carbocycles. The van der Waals surface area contributed by atoms with Crippen molar-refractivity contribution in [1.29, 1.82) is 0 Å². The van der Waals surface area contributed by atoms with Gasteiger partial charge >= 0.3 is 0 Å². The van der Waals surface area contributed by atoms with Crippen LogP contribution in [-0.4, -0.2) is 40.9 Å². The van der Waals surface area contributed by atoms with Gasteiger partial charge in [0.15, 0.2) is 0 Å². The molecule has 1 fully saturated rings. The fourth-order valence-electron chi connectivity index (χ4n) is 2.01. The first kappa shape index (κ1) is 12.9. The molecule has 0 aromatic heterocycles. The Kier molecular flexibility index (Phi) is 4.09. The molecule has 2 rings (SSSR count). The van der Waals surface area contributed by atoms with E-state index in [9.17, 15) is 10.2 Å². The first-order valence-electron chi connectivity index (χ1n) is 5.75. The van der Waals surface area contributed by atoms with E-state index in [1.807, 2.05) is 0 Å². The zero-order valence-electron chi connectivity index (χ0n) is 10.1. The molecule has 0 spiro atoms. The summed E-state index contributed by atoms with van der Waals surface area (Å²) in [6, 6.07) is 6.37. The van der Waals surface area contributed by atoms with Gasteiger partial charge in [0.05, 0.1) is 12.7 Å². The molecule has 1 aromatic rings. The molecule has 1 aliphatic heterocycles. The van der Waals surface area contributed by atoms with Gasteiger partial charge in [-0.25, -0.2) is 0 Å². The van der Waals surface area contributed by atoms with E-state index in [2.05, 4.69) is 32.0 Å². The summed E-state index contributed by atoms with van der Waals surface area (Å²) in [7, 11) is 0. The Morgan fingerprint density at radius 1 is 1.24 bits per heavy atom. The number of rotatable bonds is 3. The smallest absolute Gasteiger partial charge is 0.109 e. The Hall–Kier alpha value is -0.550. The lowest BCUT2D eigenvalue weighted by atomic mass is 10.2. The molecule has 2 N–H and O–H groups in total. The summed E-state index contributed by atoms with van der Waals surface area (Å²) in [6.07, 6.45) is -1.76. The summed E-state index contributed by atoms with van der Waals surface area (Å²) in [4.78, 5) is 1.18. The maximum absolute atomic E-state index is 9.66. The number of aryl methyl sites for hydroxylation is 2. The highest BCUT2D eigenvalue weighted by Crippen LogP contribution is 2.25. The van der Waals surface area contributed by atoms with Gasteiger partial charge in [0.25, 0.3) is 0 Å². The molecule has 3 unspecified atom stereocenters. The van der Waals surface area contributed by atoms with Crippen molar-refractivity contribution in [3.8, 4) is 0 Å². The highest BCUT2D eigenvalue weighted by molar-refractivity contribution is 7.99. The zero-order valence-corrected chi connectivity index (χ0v) is 10.9. The highest BCUT2D eigenvalue weighted by atomic mass is 32.2. The Morgan fingerprint density at radius 2 is 1.88 bits per heavy atom. The van der Waals surface area contributed by atoms with Crippen molar-refractivity contribution in [2.24, 2.45) is 0 Å². The van der Waals surface area contributed by atoms with Crippen LogP contribution in [0.3, 0.4) is 0 Å². The molecule has 1 heterocycles. The van der Waals surface area contributed by atoms with E-state index in [1.54, 1.807) is 11.8 Å². The van der Waals surface area contributed by atoms with Crippen LogP contribution < -0.4 is 0 Å². The first-order valence-corrected chi connectivity index (χ1v) is 6.73. The summed E-state index contributed by atoms with van der Waals surface area (Å²) < 4.78 is 5.34. The third-order valence-electron chi connectivity index (χ3n) is 2.87. The van der Waals surface area contributed by atoms with Crippen molar-refractivity contribution in [2.75, 3.05) is 12.4 Å². The Balaban J connectivity index is 1.94. The van der Waals surface area contributed by atoms with Gasteiger partial charge in [-0.05, 0) is 37.1 Å². The minimum absolute atomic E-state index is 0.235. The predicted molar refractivity (Wildman–Crippen MR) is 68.4 cm³/mol. The molecule has 4 heteroatoms. The third kappa shape index (κ3) is 3.22. The van der Waals surface area contributed by atoms with Crippen molar-refractivity contribution in [3.63, 3.8) is 0 Å². The number of aliphatic hydroxyl groups excluding tert-OH is 2. The molecule has 0 aliphatic carbocycles. The molecular weight excluding hydrogens is 236 g/mol. The van der Waals surface area contributed by atoms with Crippen molar-refractivity contribution >= 4 is 11.8 Å². The minimum atomic E-state index is -0.756. The zero-order chi connectivity index (χ0) is 12.4. The summed E-state index contributed by atoms with van der Waals surface area (Å²) in [6.45, 7) is 4.38. The van der Waals surface area contributed by atoms with E-state index in [4.69, 9.17) is 4.74 Å². The van der Waals surface area contributed by atoms with Crippen molar-refractivity contribution in [1.82, 2.24) is 0 Å². The largest absolute Gasteiger partial charge is 0.388 e. The predicted octanol–water partition coefficient (Wildman–Crippen LogP) is 1.52. The van der Waals surface area contributed by atoms with Crippen LogP contribution >= 0.6 is 11.8 Å². The molecular formula is C13H18O3S. The summed E-state index contributed by atoms with van der Waals surface area (Å²) in [5.74, 6) is 0.668. The molecule has 0 bridgehead atoms. The quantitative estimate of drug-likeness (QED) is 0.803. The first-order chi connectivity index (χ1) is 8.06. The Labute approximate surface area is 106 Å².